The Balaban J connectivity index is 1.54. The summed E-state index contributed by atoms with van der Waals surface area (Å²) >= 11 is 1.66. The first-order valence-electron chi connectivity index (χ1n) is 8.14. The van der Waals surface area contributed by atoms with Gasteiger partial charge in [-0.2, -0.15) is 5.10 Å². The summed E-state index contributed by atoms with van der Waals surface area (Å²) in [6.45, 7) is 3.74. The maximum atomic E-state index is 12.8. The Labute approximate surface area is 138 Å². The zero-order chi connectivity index (χ0) is 15.8. The molecule has 0 bridgehead atoms. The van der Waals surface area contributed by atoms with E-state index in [1.165, 1.54) is 11.3 Å². The van der Waals surface area contributed by atoms with E-state index in [1.54, 1.807) is 11.3 Å². The molecular formula is C17H20N4OS. The summed E-state index contributed by atoms with van der Waals surface area (Å²) in [5, 5.41) is 9.37. The van der Waals surface area contributed by atoms with E-state index in [0.717, 1.165) is 42.6 Å². The van der Waals surface area contributed by atoms with Gasteiger partial charge in [-0.15, -0.1) is 11.3 Å². The number of fused-ring (bicyclic) bond motifs is 1. The number of carbonyl (C=O) groups excluding carboxylic acids is 1. The van der Waals surface area contributed by atoms with Gasteiger partial charge in [0.1, 0.15) is 5.69 Å². The molecule has 0 aliphatic carbocycles. The lowest BCUT2D eigenvalue weighted by Crippen LogP contribution is -2.39. The van der Waals surface area contributed by atoms with E-state index in [-0.39, 0.29) is 5.91 Å². The minimum atomic E-state index is 0.107. The molecule has 1 aliphatic heterocycles. The normalized spacial score (nSPS) is 18.7. The highest BCUT2D eigenvalue weighted by atomic mass is 32.1. The van der Waals surface area contributed by atoms with Crippen LogP contribution in [0.1, 0.15) is 47.4 Å². The number of amides is 1. The molecule has 5 nitrogen and oxygen atoms in total. The predicted molar refractivity (Wildman–Crippen MR) is 92.0 cm³/mol. The molecule has 0 aromatic carbocycles. The van der Waals surface area contributed by atoms with Crippen LogP contribution in [0, 0.1) is 0 Å². The zero-order valence-corrected chi connectivity index (χ0v) is 13.9. The number of piperidine rings is 1. The number of carbonyl (C=O) groups is 1. The van der Waals surface area contributed by atoms with Crippen LogP contribution < -0.4 is 0 Å². The molecule has 1 fully saturated rings. The Morgan fingerprint density at radius 3 is 3.26 bits per heavy atom. The van der Waals surface area contributed by atoms with Crippen LogP contribution in [0.15, 0.2) is 23.7 Å². The van der Waals surface area contributed by atoms with Gasteiger partial charge in [0.05, 0.1) is 16.4 Å². The summed E-state index contributed by atoms with van der Waals surface area (Å²) in [6.07, 6.45) is 5.03. The second-order valence-corrected chi connectivity index (χ2v) is 7.08. The number of nitrogens with zero attached hydrogens (tertiary/aromatic N) is 2. The first kappa shape index (κ1) is 14.5. The zero-order valence-electron chi connectivity index (χ0n) is 13.1. The Morgan fingerprint density at radius 2 is 2.43 bits per heavy atom. The minimum absolute atomic E-state index is 0.107. The standard InChI is InChI=1S/C17H20N4OS/c1-2-11-9-18-20-16(11)12-4-3-6-21(10-12)17(22)14-8-15-13(19-14)5-7-23-15/h5,7-9,12,19H,2-4,6,10H2,1H3,(H,18,20)/t12-/m0/s1. The number of aryl methyl sites for hydroxylation is 1. The minimum Gasteiger partial charge on any atom is -0.350 e. The number of nitrogens with one attached hydrogen (secondary N) is 2. The van der Waals surface area contributed by atoms with Gasteiger partial charge in [-0.1, -0.05) is 6.92 Å². The number of H-pyrrole nitrogens is 2. The molecule has 3 aromatic rings. The first-order valence-corrected chi connectivity index (χ1v) is 9.02. The van der Waals surface area contributed by atoms with Gasteiger partial charge >= 0.3 is 0 Å². The van der Waals surface area contributed by atoms with Gasteiger partial charge in [-0.25, -0.2) is 0 Å². The molecule has 4 heterocycles. The maximum Gasteiger partial charge on any atom is 0.270 e. The smallest absolute Gasteiger partial charge is 0.270 e. The summed E-state index contributed by atoms with van der Waals surface area (Å²) in [6, 6.07) is 3.99. The summed E-state index contributed by atoms with van der Waals surface area (Å²) < 4.78 is 1.14. The Kier molecular flexibility index (Phi) is 3.69. The van der Waals surface area contributed by atoms with Gasteiger partial charge in [0.2, 0.25) is 0 Å². The van der Waals surface area contributed by atoms with Crippen LogP contribution in [0.25, 0.3) is 10.2 Å². The molecule has 2 N–H and O–H groups in total. The molecule has 4 rings (SSSR count). The average Bonchev–Trinajstić information content (AvgIpc) is 3.29. The van der Waals surface area contributed by atoms with Crippen LogP contribution in [0.4, 0.5) is 0 Å². The lowest BCUT2D eigenvalue weighted by Gasteiger charge is -2.32. The lowest BCUT2D eigenvalue weighted by molar-refractivity contribution is 0.0700. The molecular weight excluding hydrogens is 308 g/mol. The van der Waals surface area contributed by atoms with Crippen molar-refractivity contribution in [2.24, 2.45) is 0 Å². The fraction of sp³-hybridized carbons (Fsp3) is 0.412. The van der Waals surface area contributed by atoms with Crippen LogP contribution >= 0.6 is 11.3 Å². The number of hydrogen-bond donors (Lipinski definition) is 2. The molecule has 1 aliphatic rings. The van der Waals surface area contributed by atoms with Crippen molar-refractivity contribution in [3.8, 4) is 0 Å². The Morgan fingerprint density at radius 1 is 1.52 bits per heavy atom. The SMILES string of the molecule is CCc1cn[nH]c1[C@H]1CCCN(C(=O)c2cc3sccc3[nH]2)C1. The van der Waals surface area contributed by atoms with Gasteiger partial charge in [0.25, 0.3) is 5.91 Å². The molecule has 0 spiro atoms. The predicted octanol–water partition coefficient (Wildman–Crippen LogP) is 3.53. The molecule has 3 aromatic heterocycles. The molecule has 1 amide bonds. The average molecular weight is 328 g/mol. The fourth-order valence-electron chi connectivity index (χ4n) is 3.49. The third-order valence-electron chi connectivity index (χ3n) is 4.72. The monoisotopic (exact) mass is 328 g/mol. The number of thiophene rings is 1. The van der Waals surface area contributed by atoms with Crippen molar-refractivity contribution < 1.29 is 4.79 Å². The van der Waals surface area contributed by atoms with E-state index in [9.17, 15) is 4.79 Å². The van der Waals surface area contributed by atoms with Gasteiger partial charge in [0, 0.05) is 24.7 Å². The molecule has 0 saturated carbocycles. The number of rotatable bonds is 3. The summed E-state index contributed by atoms with van der Waals surface area (Å²) in [4.78, 5) is 18.0. The van der Waals surface area contributed by atoms with Crippen molar-refractivity contribution in [3.63, 3.8) is 0 Å². The van der Waals surface area contributed by atoms with Gasteiger partial charge in [-0.3, -0.25) is 9.89 Å². The molecule has 23 heavy (non-hydrogen) atoms. The third kappa shape index (κ3) is 2.57. The van der Waals surface area contributed by atoms with Crippen molar-refractivity contribution >= 4 is 27.5 Å². The molecule has 120 valence electrons. The van der Waals surface area contributed by atoms with Gasteiger partial charge in [-0.05, 0) is 42.3 Å². The number of hydrogen-bond acceptors (Lipinski definition) is 3. The largest absolute Gasteiger partial charge is 0.350 e. The lowest BCUT2D eigenvalue weighted by atomic mass is 9.92. The van der Waals surface area contributed by atoms with Crippen molar-refractivity contribution in [2.45, 2.75) is 32.1 Å². The third-order valence-corrected chi connectivity index (χ3v) is 5.58. The summed E-state index contributed by atoms with van der Waals surface area (Å²) in [7, 11) is 0. The number of likely N-dealkylation sites (tertiary alicyclic amines) is 1. The Hall–Kier alpha value is -2.08. The quantitative estimate of drug-likeness (QED) is 0.772. The summed E-state index contributed by atoms with van der Waals surface area (Å²) in [5.74, 6) is 0.469. The highest BCUT2D eigenvalue weighted by Crippen LogP contribution is 2.29. The van der Waals surface area contributed by atoms with Gasteiger partial charge in [0.15, 0.2) is 0 Å². The molecule has 1 atom stereocenters. The maximum absolute atomic E-state index is 12.8. The van der Waals surface area contributed by atoms with Crippen molar-refractivity contribution in [1.82, 2.24) is 20.1 Å². The van der Waals surface area contributed by atoms with E-state index < -0.39 is 0 Å². The molecule has 0 unspecified atom stereocenters. The van der Waals surface area contributed by atoms with E-state index >= 15 is 0 Å². The van der Waals surface area contributed by atoms with Crippen LogP contribution in [-0.4, -0.2) is 39.1 Å². The van der Waals surface area contributed by atoms with Crippen molar-refractivity contribution in [2.75, 3.05) is 13.1 Å². The first-order chi connectivity index (χ1) is 11.3. The highest BCUT2D eigenvalue weighted by Gasteiger charge is 2.28. The molecule has 1 saturated heterocycles. The van der Waals surface area contributed by atoms with E-state index in [1.807, 2.05) is 28.6 Å². The second kappa shape index (κ2) is 5.85. The van der Waals surface area contributed by atoms with Crippen molar-refractivity contribution in [3.05, 3.63) is 40.7 Å². The molecule has 6 heteroatoms. The summed E-state index contributed by atoms with van der Waals surface area (Å²) in [5.41, 5.74) is 4.23. The van der Waals surface area contributed by atoms with Gasteiger partial charge < -0.3 is 9.88 Å². The van der Waals surface area contributed by atoms with Crippen LogP contribution in [0.2, 0.25) is 0 Å². The van der Waals surface area contributed by atoms with E-state index in [0.29, 0.717) is 11.6 Å². The Bertz CT molecular complexity index is 802. The molecule has 0 radical (unpaired) electrons. The van der Waals surface area contributed by atoms with Crippen LogP contribution in [0.3, 0.4) is 0 Å². The number of aromatic nitrogens is 3. The fourth-order valence-corrected chi connectivity index (χ4v) is 4.27. The van der Waals surface area contributed by atoms with E-state index in [4.69, 9.17) is 0 Å². The van der Waals surface area contributed by atoms with Crippen LogP contribution in [-0.2, 0) is 6.42 Å². The van der Waals surface area contributed by atoms with Crippen LogP contribution in [0.5, 0.6) is 0 Å². The second-order valence-electron chi connectivity index (χ2n) is 6.13. The highest BCUT2D eigenvalue weighted by molar-refractivity contribution is 7.17. The number of aromatic amines is 2. The topological polar surface area (TPSA) is 64.8 Å². The van der Waals surface area contributed by atoms with Crippen molar-refractivity contribution in [1.29, 1.82) is 0 Å². The van der Waals surface area contributed by atoms with E-state index in [2.05, 4.69) is 22.1 Å².